The van der Waals surface area contributed by atoms with Crippen molar-refractivity contribution >= 4 is 23.5 Å². The number of carbonyl (C=O) groups is 2. The second-order valence-corrected chi connectivity index (χ2v) is 3.35. The number of halogens is 1. The Morgan fingerprint density at radius 2 is 2.13 bits per heavy atom. The summed E-state index contributed by atoms with van der Waals surface area (Å²) in [6.45, 7) is -0.464. The molecule has 1 amide bonds. The average Bonchev–Trinajstić information content (AvgIpc) is 2.25. The molecule has 0 aromatic carbocycles. The van der Waals surface area contributed by atoms with Crippen molar-refractivity contribution in [1.82, 2.24) is 5.32 Å². The fourth-order valence-electron chi connectivity index (χ4n) is 0.968. The molecular weight excluding hydrogens is 222 g/mol. The molecule has 0 aliphatic rings. The minimum Gasteiger partial charge on any atom is -0.467 e. The highest BCUT2D eigenvalue weighted by molar-refractivity contribution is 6.17. The molecule has 0 fully saturated rings. The minimum absolute atomic E-state index is 0.287. The van der Waals surface area contributed by atoms with Gasteiger partial charge in [0.15, 0.2) is 6.04 Å². The van der Waals surface area contributed by atoms with Crippen LogP contribution in [0.5, 0.6) is 0 Å². The monoisotopic (exact) mass is 237 g/mol. The largest absolute Gasteiger partial charge is 0.467 e. The van der Waals surface area contributed by atoms with E-state index in [2.05, 4.69) is 10.1 Å². The van der Waals surface area contributed by atoms with Crippen LogP contribution in [0.1, 0.15) is 19.3 Å². The average molecular weight is 238 g/mol. The van der Waals surface area contributed by atoms with Crippen LogP contribution >= 0.6 is 11.6 Å². The molecule has 0 aromatic heterocycles. The molecule has 15 heavy (non-hydrogen) atoms. The van der Waals surface area contributed by atoms with Crippen molar-refractivity contribution in [2.45, 2.75) is 25.3 Å². The highest BCUT2D eigenvalue weighted by Crippen LogP contribution is 1.98. The van der Waals surface area contributed by atoms with E-state index in [0.29, 0.717) is 18.7 Å². The van der Waals surface area contributed by atoms with E-state index in [4.69, 9.17) is 16.7 Å². The molecule has 0 radical (unpaired) electrons. The number of carbonyl (C=O) groups excluding carboxylic acids is 2. The van der Waals surface area contributed by atoms with E-state index >= 15 is 0 Å². The van der Waals surface area contributed by atoms with Gasteiger partial charge in [-0.05, 0) is 12.8 Å². The van der Waals surface area contributed by atoms with Crippen molar-refractivity contribution in [3.63, 3.8) is 0 Å². The Morgan fingerprint density at radius 3 is 2.60 bits per heavy atom. The molecule has 6 heteroatoms. The lowest BCUT2D eigenvalue weighted by molar-refractivity contribution is -0.146. The Labute approximate surface area is 93.7 Å². The highest BCUT2D eigenvalue weighted by atomic mass is 35.5. The van der Waals surface area contributed by atoms with Gasteiger partial charge in [-0.15, -0.1) is 11.6 Å². The SMILES string of the molecule is COC(=O)C(CO)NC(=O)CCCCCl. The third-order valence-electron chi connectivity index (χ3n) is 1.79. The summed E-state index contributed by atoms with van der Waals surface area (Å²) >= 11 is 5.45. The van der Waals surface area contributed by atoms with Gasteiger partial charge in [-0.1, -0.05) is 0 Å². The third-order valence-corrected chi connectivity index (χ3v) is 2.06. The molecular formula is C9H16ClNO4. The summed E-state index contributed by atoms with van der Waals surface area (Å²) < 4.78 is 4.39. The molecule has 0 spiro atoms. The molecule has 0 aliphatic carbocycles. The molecule has 1 atom stereocenters. The molecule has 88 valence electrons. The molecule has 0 saturated heterocycles. The van der Waals surface area contributed by atoms with Crippen LogP contribution < -0.4 is 5.32 Å². The van der Waals surface area contributed by atoms with Crippen LogP contribution in [-0.4, -0.2) is 42.6 Å². The first-order chi connectivity index (χ1) is 7.15. The second-order valence-electron chi connectivity index (χ2n) is 2.97. The van der Waals surface area contributed by atoms with Crippen molar-refractivity contribution in [3.05, 3.63) is 0 Å². The number of nitrogens with one attached hydrogen (secondary N) is 1. The quantitative estimate of drug-likeness (QED) is 0.373. The van der Waals surface area contributed by atoms with Gasteiger partial charge >= 0.3 is 5.97 Å². The van der Waals surface area contributed by atoms with Gasteiger partial charge in [0.1, 0.15) is 0 Å². The molecule has 2 N–H and O–H groups in total. The lowest BCUT2D eigenvalue weighted by Gasteiger charge is -2.13. The predicted molar refractivity (Wildman–Crippen MR) is 55.6 cm³/mol. The molecule has 0 saturated carbocycles. The maximum atomic E-state index is 11.2. The first-order valence-electron chi connectivity index (χ1n) is 4.69. The van der Waals surface area contributed by atoms with Crippen LogP contribution in [0, 0.1) is 0 Å². The summed E-state index contributed by atoms with van der Waals surface area (Å²) in [6.07, 6.45) is 1.70. The van der Waals surface area contributed by atoms with Gasteiger partial charge in [-0.3, -0.25) is 4.79 Å². The molecule has 0 bridgehead atoms. The van der Waals surface area contributed by atoms with E-state index in [1.54, 1.807) is 0 Å². The van der Waals surface area contributed by atoms with E-state index < -0.39 is 18.6 Å². The van der Waals surface area contributed by atoms with Crippen LogP contribution in [-0.2, 0) is 14.3 Å². The van der Waals surface area contributed by atoms with E-state index in [-0.39, 0.29) is 5.91 Å². The number of amides is 1. The molecule has 1 unspecified atom stereocenters. The van der Waals surface area contributed by atoms with Gasteiger partial charge in [-0.2, -0.15) is 0 Å². The van der Waals surface area contributed by atoms with Crippen molar-refractivity contribution < 1.29 is 19.4 Å². The van der Waals surface area contributed by atoms with Gasteiger partial charge < -0.3 is 15.2 Å². The van der Waals surface area contributed by atoms with Crippen molar-refractivity contribution in [3.8, 4) is 0 Å². The lowest BCUT2D eigenvalue weighted by Crippen LogP contribution is -2.43. The number of hydrogen-bond acceptors (Lipinski definition) is 4. The zero-order chi connectivity index (χ0) is 11.7. The first kappa shape index (κ1) is 14.2. The van der Waals surface area contributed by atoms with Crippen LogP contribution in [0.4, 0.5) is 0 Å². The highest BCUT2D eigenvalue weighted by Gasteiger charge is 2.19. The third kappa shape index (κ3) is 6.30. The maximum Gasteiger partial charge on any atom is 0.330 e. The van der Waals surface area contributed by atoms with Crippen molar-refractivity contribution in [2.75, 3.05) is 19.6 Å². The number of hydrogen-bond donors (Lipinski definition) is 2. The smallest absolute Gasteiger partial charge is 0.330 e. The molecule has 0 aliphatic heterocycles. The minimum atomic E-state index is -0.974. The Hall–Kier alpha value is -0.810. The van der Waals surface area contributed by atoms with E-state index in [1.807, 2.05) is 0 Å². The summed E-state index contributed by atoms with van der Waals surface area (Å²) in [5.41, 5.74) is 0. The summed E-state index contributed by atoms with van der Waals surface area (Å²) in [4.78, 5) is 22.2. The summed E-state index contributed by atoms with van der Waals surface area (Å²) in [7, 11) is 1.20. The molecule has 0 rings (SSSR count). The lowest BCUT2D eigenvalue weighted by atomic mass is 10.2. The zero-order valence-electron chi connectivity index (χ0n) is 8.66. The number of unbranched alkanes of at least 4 members (excludes halogenated alkanes) is 1. The number of aliphatic hydroxyl groups is 1. The van der Waals surface area contributed by atoms with Gasteiger partial charge in [-0.25, -0.2) is 4.79 Å². The maximum absolute atomic E-state index is 11.2. The van der Waals surface area contributed by atoms with Gasteiger partial charge in [0, 0.05) is 12.3 Å². The van der Waals surface area contributed by atoms with Gasteiger partial charge in [0.25, 0.3) is 0 Å². The van der Waals surface area contributed by atoms with Crippen molar-refractivity contribution in [1.29, 1.82) is 0 Å². The molecule has 5 nitrogen and oxygen atoms in total. The molecule has 0 heterocycles. The van der Waals surface area contributed by atoms with Crippen LogP contribution in [0.25, 0.3) is 0 Å². The number of ether oxygens (including phenoxy) is 1. The summed E-state index contributed by atoms with van der Waals surface area (Å²) in [6, 6.07) is -0.974. The van der Waals surface area contributed by atoms with Gasteiger partial charge in [0.2, 0.25) is 5.91 Å². The number of alkyl halides is 1. The van der Waals surface area contributed by atoms with Crippen LogP contribution in [0.15, 0.2) is 0 Å². The Balaban J connectivity index is 3.85. The topological polar surface area (TPSA) is 75.6 Å². The van der Waals surface area contributed by atoms with Gasteiger partial charge in [0.05, 0.1) is 13.7 Å². The van der Waals surface area contributed by atoms with Crippen LogP contribution in [0.3, 0.4) is 0 Å². The second kappa shape index (κ2) is 8.49. The Morgan fingerprint density at radius 1 is 1.47 bits per heavy atom. The normalized spacial score (nSPS) is 11.9. The summed E-state index contributed by atoms with van der Waals surface area (Å²) in [5, 5.41) is 11.2. The van der Waals surface area contributed by atoms with E-state index in [1.165, 1.54) is 7.11 Å². The predicted octanol–water partition coefficient (Wildman–Crippen LogP) is 0.0456. The summed E-state index contributed by atoms with van der Waals surface area (Å²) in [5.74, 6) is -0.430. The number of aliphatic hydroxyl groups excluding tert-OH is 1. The van der Waals surface area contributed by atoms with Crippen LogP contribution in [0.2, 0.25) is 0 Å². The van der Waals surface area contributed by atoms with E-state index in [0.717, 1.165) is 6.42 Å². The Bertz CT molecular complexity index is 210. The number of esters is 1. The van der Waals surface area contributed by atoms with E-state index in [9.17, 15) is 9.59 Å². The molecule has 0 aromatic rings. The zero-order valence-corrected chi connectivity index (χ0v) is 9.42. The fourth-order valence-corrected chi connectivity index (χ4v) is 1.16. The van der Waals surface area contributed by atoms with Crippen molar-refractivity contribution in [2.24, 2.45) is 0 Å². The standard InChI is InChI=1S/C9H16ClNO4/c1-15-9(14)7(6-12)11-8(13)4-2-3-5-10/h7,12H,2-6H2,1H3,(H,11,13). The number of rotatable bonds is 7. The Kier molecular flexibility index (Phi) is 8.04. The fraction of sp³-hybridized carbons (Fsp3) is 0.778. The number of methoxy groups -OCH3 is 1. The first-order valence-corrected chi connectivity index (χ1v) is 5.23.